The number of imide groups is 1. The Morgan fingerprint density at radius 3 is 2.43 bits per heavy atom. The first-order valence-corrected chi connectivity index (χ1v) is 9.52. The summed E-state index contributed by atoms with van der Waals surface area (Å²) in [5.74, 6) is -0.437. The Hall–Kier alpha value is -3.21. The van der Waals surface area contributed by atoms with Gasteiger partial charge >= 0.3 is 0 Å². The lowest BCUT2D eigenvalue weighted by Gasteiger charge is -2.24. The van der Waals surface area contributed by atoms with E-state index < -0.39 is 0 Å². The summed E-state index contributed by atoms with van der Waals surface area (Å²) in [6.07, 6.45) is 6.23. The Morgan fingerprint density at radius 2 is 1.79 bits per heavy atom. The third-order valence-electron chi connectivity index (χ3n) is 5.44. The van der Waals surface area contributed by atoms with Gasteiger partial charge in [0.25, 0.3) is 0 Å². The topological polar surface area (TPSA) is 55.2 Å². The van der Waals surface area contributed by atoms with E-state index in [0.29, 0.717) is 6.42 Å². The Bertz CT molecular complexity index is 976. The van der Waals surface area contributed by atoms with Crippen molar-refractivity contribution in [1.82, 2.24) is 14.5 Å². The Balaban J connectivity index is 1.49. The number of hydrogen-bond donors (Lipinski definition) is 0. The van der Waals surface area contributed by atoms with Crippen molar-refractivity contribution < 1.29 is 9.59 Å². The van der Waals surface area contributed by atoms with Crippen LogP contribution in [0.4, 0.5) is 0 Å². The van der Waals surface area contributed by atoms with Crippen LogP contribution in [0.25, 0.3) is 5.69 Å². The van der Waals surface area contributed by atoms with E-state index in [-0.39, 0.29) is 30.2 Å². The van der Waals surface area contributed by atoms with E-state index in [1.165, 1.54) is 10.5 Å². The van der Waals surface area contributed by atoms with Gasteiger partial charge in [-0.1, -0.05) is 42.0 Å². The number of imidazole rings is 1. The molecular weight excluding hydrogens is 350 g/mol. The molecule has 1 fully saturated rings. The lowest BCUT2D eigenvalue weighted by molar-refractivity contribution is -0.141. The summed E-state index contributed by atoms with van der Waals surface area (Å²) in [5.41, 5.74) is 4.22. The summed E-state index contributed by atoms with van der Waals surface area (Å²) < 4.78 is 1.91. The average Bonchev–Trinajstić information content (AvgIpc) is 3.32. The first-order chi connectivity index (χ1) is 13.5. The number of hydrogen-bond acceptors (Lipinski definition) is 3. The molecule has 2 aromatic carbocycles. The molecule has 4 rings (SSSR count). The molecule has 2 amide bonds. The molecule has 1 aliphatic heterocycles. The highest BCUT2D eigenvalue weighted by Crippen LogP contribution is 2.31. The second-order valence-corrected chi connectivity index (χ2v) is 7.43. The fourth-order valence-electron chi connectivity index (χ4n) is 3.78. The van der Waals surface area contributed by atoms with Gasteiger partial charge < -0.3 is 4.57 Å². The molecule has 1 aromatic heterocycles. The number of nitrogens with zero attached hydrogens (tertiary/aromatic N) is 3. The fraction of sp³-hybridized carbons (Fsp3) is 0.261. The van der Waals surface area contributed by atoms with Crippen molar-refractivity contribution in [3.05, 3.63) is 83.9 Å². The monoisotopic (exact) mass is 373 g/mol. The van der Waals surface area contributed by atoms with Gasteiger partial charge in [-0.05, 0) is 43.5 Å². The number of amides is 2. The van der Waals surface area contributed by atoms with Gasteiger partial charge in [-0.25, -0.2) is 4.98 Å². The molecule has 142 valence electrons. The third kappa shape index (κ3) is 3.48. The zero-order chi connectivity index (χ0) is 19.7. The minimum Gasteiger partial charge on any atom is -0.306 e. The molecule has 0 spiro atoms. The Morgan fingerprint density at radius 1 is 1.07 bits per heavy atom. The summed E-state index contributed by atoms with van der Waals surface area (Å²) in [5, 5.41) is 0. The first kappa shape index (κ1) is 18.2. The predicted molar refractivity (Wildman–Crippen MR) is 107 cm³/mol. The van der Waals surface area contributed by atoms with Gasteiger partial charge in [0.05, 0.1) is 18.3 Å². The first-order valence-electron chi connectivity index (χ1n) is 9.52. The molecule has 0 unspecified atom stereocenters. The zero-order valence-corrected chi connectivity index (χ0v) is 16.1. The van der Waals surface area contributed by atoms with Crippen molar-refractivity contribution in [2.45, 2.75) is 32.7 Å². The standard InChI is InChI=1S/C23H23N3O2/c1-16-3-5-18(6-4-16)13-20-14-22(27)26(23(20)28)17(2)19-7-9-21(10-8-19)25-12-11-24-15-25/h3-12,15,17,20H,13-14H2,1-2H3/t17-,20-/m0/s1. The minimum atomic E-state index is -0.278. The van der Waals surface area contributed by atoms with Gasteiger partial charge in [0.2, 0.25) is 11.8 Å². The molecule has 0 radical (unpaired) electrons. The van der Waals surface area contributed by atoms with Gasteiger partial charge in [-0.15, -0.1) is 0 Å². The molecule has 28 heavy (non-hydrogen) atoms. The van der Waals surface area contributed by atoms with Gasteiger partial charge in [0.1, 0.15) is 0 Å². The number of benzene rings is 2. The fourth-order valence-corrected chi connectivity index (χ4v) is 3.78. The van der Waals surface area contributed by atoms with Crippen LogP contribution in [-0.4, -0.2) is 26.3 Å². The predicted octanol–water partition coefficient (Wildman–Crippen LogP) is 3.86. The van der Waals surface area contributed by atoms with Gasteiger partial charge in [0.15, 0.2) is 0 Å². The number of rotatable bonds is 5. The molecule has 1 saturated heterocycles. The van der Waals surface area contributed by atoms with E-state index in [9.17, 15) is 9.59 Å². The number of aryl methyl sites for hydroxylation is 1. The van der Waals surface area contributed by atoms with Crippen LogP contribution >= 0.6 is 0 Å². The number of carbonyl (C=O) groups excluding carboxylic acids is 2. The van der Waals surface area contributed by atoms with Crippen LogP contribution < -0.4 is 0 Å². The van der Waals surface area contributed by atoms with Crippen molar-refractivity contribution in [2.24, 2.45) is 5.92 Å². The van der Waals surface area contributed by atoms with Crippen molar-refractivity contribution in [3.63, 3.8) is 0 Å². The lowest BCUT2D eigenvalue weighted by atomic mass is 9.97. The quantitative estimate of drug-likeness (QED) is 0.638. The lowest BCUT2D eigenvalue weighted by Crippen LogP contribution is -2.33. The molecule has 0 bridgehead atoms. The molecule has 5 nitrogen and oxygen atoms in total. The number of likely N-dealkylation sites (tertiary alicyclic amines) is 1. The van der Waals surface area contributed by atoms with E-state index in [2.05, 4.69) is 4.98 Å². The molecule has 3 aromatic rings. The highest BCUT2D eigenvalue weighted by Gasteiger charge is 2.41. The van der Waals surface area contributed by atoms with Crippen LogP contribution in [0.3, 0.4) is 0 Å². The summed E-state index contributed by atoms with van der Waals surface area (Å²) in [7, 11) is 0. The van der Waals surface area contributed by atoms with Gasteiger partial charge in [0, 0.05) is 24.5 Å². The summed E-state index contributed by atoms with van der Waals surface area (Å²) in [6.45, 7) is 3.95. The summed E-state index contributed by atoms with van der Waals surface area (Å²) in [4.78, 5) is 31.0. The average molecular weight is 373 g/mol. The highest BCUT2D eigenvalue weighted by molar-refractivity contribution is 6.04. The second kappa shape index (κ2) is 7.43. The maximum Gasteiger partial charge on any atom is 0.233 e. The summed E-state index contributed by atoms with van der Waals surface area (Å²) >= 11 is 0. The maximum absolute atomic E-state index is 12.9. The molecule has 2 atom stereocenters. The van der Waals surface area contributed by atoms with Gasteiger partial charge in [-0.2, -0.15) is 0 Å². The second-order valence-electron chi connectivity index (χ2n) is 7.43. The highest BCUT2D eigenvalue weighted by atomic mass is 16.2. The van der Waals surface area contributed by atoms with Crippen LogP contribution in [-0.2, 0) is 16.0 Å². The molecule has 2 heterocycles. The number of aromatic nitrogens is 2. The van der Waals surface area contributed by atoms with Crippen molar-refractivity contribution in [1.29, 1.82) is 0 Å². The smallest absolute Gasteiger partial charge is 0.233 e. The van der Waals surface area contributed by atoms with E-state index in [4.69, 9.17) is 0 Å². The Labute approximate surface area is 164 Å². The van der Waals surface area contributed by atoms with Crippen LogP contribution in [0.2, 0.25) is 0 Å². The van der Waals surface area contributed by atoms with E-state index in [1.54, 1.807) is 12.5 Å². The molecule has 5 heteroatoms. The van der Waals surface area contributed by atoms with E-state index in [0.717, 1.165) is 16.8 Å². The van der Waals surface area contributed by atoms with Crippen LogP contribution in [0.15, 0.2) is 67.3 Å². The van der Waals surface area contributed by atoms with Crippen LogP contribution in [0.5, 0.6) is 0 Å². The van der Waals surface area contributed by atoms with Crippen LogP contribution in [0, 0.1) is 12.8 Å². The van der Waals surface area contributed by atoms with Crippen molar-refractivity contribution >= 4 is 11.8 Å². The number of carbonyl (C=O) groups is 2. The SMILES string of the molecule is Cc1ccc(C[C@H]2CC(=O)N([C@@H](C)c3ccc(-n4ccnc4)cc3)C2=O)cc1. The molecular formula is C23H23N3O2. The Kier molecular flexibility index (Phi) is 4.82. The third-order valence-corrected chi connectivity index (χ3v) is 5.44. The largest absolute Gasteiger partial charge is 0.306 e. The normalized spacial score (nSPS) is 17.9. The maximum atomic E-state index is 12.9. The van der Waals surface area contributed by atoms with Crippen LogP contribution in [0.1, 0.15) is 36.1 Å². The molecule has 0 aliphatic carbocycles. The van der Waals surface area contributed by atoms with Crippen molar-refractivity contribution in [2.75, 3.05) is 0 Å². The molecule has 1 aliphatic rings. The summed E-state index contributed by atoms with van der Waals surface area (Å²) in [6, 6.07) is 15.8. The molecule has 0 saturated carbocycles. The van der Waals surface area contributed by atoms with E-state index in [1.807, 2.05) is 73.1 Å². The van der Waals surface area contributed by atoms with E-state index >= 15 is 0 Å². The van der Waals surface area contributed by atoms with Crippen molar-refractivity contribution in [3.8, 4) is 5.69 Å². The van der Waals surface area contributed by atoms with Gasteiger partial charge in [-0.3, -0.25) is 14.5 Å². The molecule has 0 N–H and O–H groups in total. The minimum absolute atomic E-state index is 0.0724. The zero-order valence-electron chi connectivity index (χ0n) is 16.1.